The van der Waals surface area contributed by atoms with Crippen LogP contribution in [0.5, 0.6) is 0 Å². The van der Waals surface area contributed by atoms with Crippen molar-refractivity contribution in [2.45, 2.75) is 44.7 Å². The third-order valence-electron chi connectivity index (χ3n) is 6.33. The summed E-state index contributed by atoms with van der Waals surface area (Å²) in [6.07, 6.45) is 8.73. The number of rotatable bonds is 6. The molecule has 5 rings (SSSR count). The van der Waals surface area contributed by atoms with Gasteiger partial charge >= 0.3 is 0 Å². The highest BCUT2D eigenvalue weighted by Gasteiger charge is 2.39. The average Bonchev–Trinajstić information content (AvgIpc) is 3.32. The van der Waals surface area contributed by atoms with Crippen LogP contribution in [-0.2, 0) is 17.8 Å². The van der Waals surface area contributed by atoms with E-state index in [1.807, 2.05) is 24.7 Å². The van der Waals surface area contributed by atoms with E-state index < -0.39 is 0 Å². The zero-order valence-electron chi connectivity index (χ0n) is 17.0. The molecule has 1 amide bonds. The molecule has 2 fully saturated rings. The topological polar surface area (TPSA) is 38.1 Å². The predicted molar refractivity (Wildman–Crippen MR) is 114 cm³/mol. The van der Waals surface area contributed by atoms with E-state index in [-0.39, 0.29) is 17.8 Å². The van der Waals surface area contributed by atoms with Gasteiger partial charge in [0.1, 0.15) is 5.82 Å². The lowest BCUT2D eigenvalue weighted by Gasteiger charge is -2.27. The van der Waals surface area contributed by atoms with Crippen molar-refractivity contribution >= 4 is 5.91 Å². The van der Waals surface area contributed by atoms with E-state index >= 15 is 0 Å². The molecule has 3 aromatic rings. The van der Waals surface area contributed by atoms with E-state index in [0.29, 0.717) is 5.91 Å². The maximum absolute atomic E-state index is 13.2. The minimum Gasteiger partial charge on any atom is -0.335 e. The zero-order valence-corrected chi connectivity index (χ0v) is 17.0. The van der Waals surface area contributed by atoms with Gasteiger partial charge in [-0.15, -0.1) is 0 Å². The quantitative estimate of drug-likeness (QED) is 0.581. The lowest BCUT2D eigenvalue weighted by Crippen LogP contribution is -2.32. The van der Waals surface area contributed by atoms with Gasteiger partial charge in [-0.2, -0.15) is 0 Å². The maximum Gasteiger partial charge on any atom is 0.226 e. The molecule has 4 nitrogen and oxygen atoms in total. The van der Waals surface area contributed by atoms with E-state index in [4.69, 9.17) is 0 Å². The van der Waals surface area contributed by atoms with Crippen LogP contribution in [0.3, 0.4) is 0 Å². The molecule has 0 bridgehead atoms. The number of carbonyl (C=O) groups excluding carboxylic acids is 1. The van der Waals surface area contributed by atoms with E-state index in [2.05, 4.69) is 38.7 Å². The van der Waals surface area contributed by atoms with Gasteiger partial charge in [0.2, 0.25) is 5.91 Å². The molecule has 1 aliphatic carbocycles. The number of likely N-dealkylation sites (tertiary alicyclic amines) is 1. The summed E-state index contributed by atoms with van der Waals surface area (Å²) >= 11 is 0. The molecule has 154 valence electrons. The Balaban J connectivity index is 1.41. The number of aryl methyl sites for hydroxylation is 2. The van der Waals surface area contributed by atoms with E-state index in [1.165, 1.54) is 17.7 Å². The zero-order chi connectivity index (χ0) is 20.5. The smallest absolute Gasteiger partial charge is 0.226 e. The average molecular weight is 404 g/mol. The van der Waals surface area contributed by atoms with Crippen LogP contribution in [0.4, 0.5) is 4.39 Å². The van der Waals surface area contributed by atoms with Gasteiger partial charge in [-0.05, 0) is 55.4 Å². The molecule has 2 heterocycles. The molecule has 5 heteroatoms. The molecular formula is C25H26FN3O. The molecule has 1 saturated carbocycles. The number of halogens is 1. The van der Waals surface area contributed by atoms with Crippen molar-refractivity contribution in [2.24, 2.45) is 5.92 Å². The van der Waals surface area contributed by atoms with Crippen molar-refractivity contribution in [1.29, 1.82) is 0 Å². The van der Waals surface area contributed by atoms with Gasteiger partial charge in [-0.25, -0.2) is 9.37 Å². The first-order chi connectivity index (χ1) is 14.7. The second-order valence-electron chi connectivity index (χ2n) is 8.40. The van der Waals surface area contributed by atoms with Crippen molar-refractivity contribution in [3.8, 4) is 11.3 Å². The normalized spacial score (nSPS) is 18.7. The first-order valence-electron chi connectivity index (χ1n) is 10.8. The van der Waals surface area contributed by atoms with Gasteiger partial charge in [0.15, 0.2) is 0 Å². The molecule has 1 unspecified atom stereocenters. The van der Waals surface area contributed by atoms with Crippen LogP contribution < -0.4 is 0 Å². The number of hydrogen-bond donors (Lipinski definition) is 0. The number of hydrogen-bond acceptors (Lipinski definition) is 2. The molecule has 1 saturated heterocycles. The van der Waals surface area contributed by atoms with Crippen LogP contribution in [0.2, 0.25) is 0 Å². The standard InChI is InChI=1S/C25H26FN3O/c26-20-11-7-18(8-12-20)13-15-28-17-27-16-24(28)22-5-2-1-4-21(22)23-6-3-14-29(23)25(30)19-9-10-19/h1-2,4-5,7-8,11-12,16-17,19,23H,3,6,9-10,13-15H2. The van der Waals surface area contributed by atoms with Crippen LogP contribution in [0, 0.1) is 11.7 Å². The fourth-order valence-electron chi connectivity index (χ4n) is 4.56. The van der Waals surface area contributed by atoms with Crippen molar-refractivity contribution in [3.05, 3.63) is 78.0 Å². The largest absolute Gasteiger partial charge is 0.335 e. The highest BCUT2D eigenvalue weighted by molar-refractivity contribution is 5.82. The summed E-state index contributed by atoms with van der Waals surface area (Å²) in [6.45, 7) is 1.63. The summed E-state index contributed by atoms with van der Waals surface area (Å²) in [4.78, 5) is 19.3. The van der Waals surface area contributed by atoms with Gasteiger partial charge in [-0.1, -0.05) is 36.4 Å². The Kier molecular flexibility index (Phi) is 5.11. The van der Waals surface area contributed by atoms with E-state index in [1.54, 1.807) is 0 Å². The van der Waals surface area contributed by atoms with Gasteiger partial charge in [0.25, 0.3) is 0 Å². The maximum atomic E-state index is 13.2. The second-order valence-corrected chi connectivity index (χ2v) is 8.40. The second kappa shape index (κ2) is 8.05. The Morgan fingerprint density at radius 1 is 1.07 bits per heavy atom. The third-order valence-corrected chi connectivity index (χ3v) is 6.33. The highest BCUT2D eigenvalue weighted by atomic mass is 19.1. The Morgan fingerprint density at radius 2 is 1.87 bits per heavy atom. The van der Waals surface area contributed by atoms with E-state index in [0.717, 1.165) is 62.0 Å². The molecule has 0 N–H and O–H groups in total. The molecule has 1 aromatic heterocycles. The molecule has 2 aliphatic rings. The van der Waals surface area contributed by atoms with Crippen LogP contribution in [0.25, 0.3) is 11.3 Å². The van der Waals surface area contributed by atoms with Crippen molar-refractivity contribution < 1.29 is 9.18 Å². The van der Waals surface area contributed by atoms with Crippen LogP contribution >= 0.6 is 0 Å². The Hall–Kier alpha value is -2.95. The van der Waals surface area contributed by atoms with Crippen LogP contribution in [-0.4, -0.2) is 26.9 Å². The molecule has 2 aromatic carbocycles. The first kappa shape index (κ1) is 19.0. The number of amides is 1. The lowest BCUT2D eigenvalue weighted by atomic mass is 9.96. The van der Waals surface area contributed by atoms with Gasteiger partial charge < -0.3 is 9.47 Å². The van der Waals surface area contributed by atoms with Gasteiger partial charge in [0, 0.05) is 24.6 Å². The van der Waals surface area contributed by atoms with Crippen molar-refractivity contribution in [3.63, 3.8) is 0 Å². The number of aromatic nitrogens is 2. The van der Waals surface area contributed by atoms with Crippen LogP contribution in [0.1, 0.15) is 42.9 Å². The molecule has 1 aliphatic heterocycles. The SMILES string of the molecule is O=C(C1CC1)N1CCCC1c1ccccc1-c1cncn1CCc1ccc(F)cc1. The fraction of sp³-hybridized carbons (Fsp3) is 0.360. The summed E-state index contributed by atoms with van der Waals surface area (Å²) in [6, 6.07) is 15.2. The molecule has 30 heavy (non-hydrogen) atoms. The monoisotopic (exact) mass is 403 g/mol. The number of benzene rings is 2. The Morgan fingerprint density at radius 3 is 2.67 bits per heavy atom. The number of imidazole rings is 1. The fourth-order valence-corrected chi connectivity index (χ4v) is 4.56. The van der Waals surface area contributed by atoms with E-state index in [9.17, 15) is 9.18 Å². The Labute approximate surface area is 176 Å². The summed E-state index contributed by atoms with van der Waals surface area (Å²) in [5, 5.41) is 0. The molecule has 0 spiro atoms. The van der Waals surface area contributed by atoms with Crippen molar-refractivity contribution in [1.82, 2.24) is 14.5 Å². The van der Waals surface area contributed by atoms with Gasteiger partial charge in [-0.3, -0.25) is 4.79 Å². The Bertz CT molecular complexity index is 1040. The number of carbonyl (C=O) groups is 1. The minimum absolute atomic E-state index is 0.148. The summed E-state index contributed by atoms with van der Waals surface area (Å²) in [5.74, 6) is 0.369. The third kappa shape index (κ3) is 3.76. The van der Waals surface area contributed by atoms with Crippen molar-refractivity contribution in [2.75, 3.05) is 6.54 Å². The number of nitrogens with zero attached hydrogens (tertiary/aromatic N) is 3. The summed E-state index contributed by atoms with van der Waals surface area (Å²) in [5.41, 5.74) is 4.53. The highest BCUT2D eigenvalue weighted by Crippen LogP contribution is 2.41. The molecule has 0 radical (unpaired) electrons. The predicted octanol–water partition coefficient (Wildman–Crippen LogP) is 5.01. The van der Waals surface area contributed by atoms with Crippen LogP contribution in [0.15, 0.2) is 61.1 Å². The minimum atomic E-state index is -0.210. The molecule has 1 atom stereocenters. The van der Waals surface area contributed by atoms with Gasteiger partial charge in [0.05, 0.1) is 24.3 Å². The lowest BCUT2D eigenvalue weighted by molar-refractivity contribution is -0.133. The molecular weight excluding hydrogens is 377 g/mol. The summed E-state index contributed by atoms with van der Waals surface area (Å²) in [7, 11) is 0. The first-order valence-corrected chi connectivity index (χ1v) is 10.8. The summed E-state index contributed by atoms with van der Waals surface area (Å²) < 4.78 is 15.3.